The summed E-state index contributed by atoms with van der Waals surface area (Å²) in [7, 11) is 0. The molecule has 1 aliphatic heterocycles. The van der Waals surface area contributed by atoms with Gasteiger partial charge in [0.15, 0.2) is 0 Å². The van der Waals surface area contributed by atoms with Gasteiger partial charge in [-0.25, -0.2) is 0 Å². The Morgan fingerprint density at radius 3 is 2.84 bits per heavy atom. The number of morpholine rings is 1. The summed E-state index contributed by atoms with van der Waals surface area (Å²) >= 11 is 0. The maximum Gasteiger partial charge on any atom is 0.251 e. The molecule has 104 valence electrons. The molecule has 1 aromatic carbocycles. The normalized spacial score (nSPS) is 18.0. The van der Waals surface area contributed by atoms with Gasteiger partial charge in [-0.2, -0.15) is 0 Å². The van der Waals surface area contributed by atoms with Crippen LogP contribution in [-0.2, 0) is 4.74 Å². The van der Waals surface area contributed by atoms with E-state index in [-0.39, 0.29) is 5.91 Å². The Hall–Kier alpha value is -1.39. The van der Waals surface area contributed by atoms with Crippen LogP contribution in [0.1, 0.15) is 22.8 Å². The quantitative estimate of drug-likeness (QED) is 0.893. The van der Waals surface area contributed by atoms with Crippen LogP contribution in [0.4, 0.5) is 0 Å². The molecule has 1 aromatic rings. The lowest BCUT2D eigenvalue weighted by molar-refractivity contribution is 0.0204. The van der Waals surface area contributed by atoms with E-state index in [1.165, 1.54) is 0 Å². The molecule has 19 heavy (non-hydrogen) atoms. The molecule has 1 fully saturated rings. The second-order valence-electron chi connectivity index (χ2n) is 5.08. The van der Waals surface area contributed by atoms with Gasteiger partial charge in [-0.05, 0) is 26.0 Å². The molecule has 1 heterocycles. The molecule has 1 N–H and O–H groups in total. The van der Waals surface area contributed by atoms with Crippen LogP contribution in [-0.4, -0.2) is 49.7 Å². The third-order valence-electron chi connectivity index (χ3n) is 3.51. The summed E-state index contributed by atoms with van der Waals surface area (Å²) in [5, 5.41) is 3.00. The van der Waals surface area contributed by atoms with Crippen molar-refractivity contribution in [2.45, 2.75) is 19.9 Å². The first-order chi connectivity index (χ1) is 9.16. The molecule has 0 radical (unpaired) electrons. The fourth-order valence-corrected chi connectivity index (χ4v) is 2.28. The standard InChI is InChI=1S/C15H22N2O2/c1-12-4-3-5-14(10-12)15(18)16-11-13(2)17-6-8-19-9-7-17/h3-5,10,13H,6-9,11H2,1-2H3,(H,16,18). The second-order valence-corrected chi connectivity index (χ2v) is 5.08. The van der Waals surface area contributed by atoms with E-state index in [2.05, 4.69) is 17.1 Å². The van der Waals surface area contributed by atoms with Crippen molar-refractivity contribution in [1.82, 2.24) is 10.2 Å². The molecular weight excluding hydrogens is 240 g/mol. The van der Waals surface area contributed by atoms with Crippen LogP contribution in [0.15, 0.2) is 24.3 Å². The first-order valence-electron chi connectivity index (χ1n) is 6.83. The van der Waals surface area contributed by atoms with E-state index in [4.69, 9.17) is 4.74 Å². The highest BCUT2D eigenvalue weighted by Crippen LogP contribution is 2.05. The third kappa shape index (κ3) is 4.04. The van der Waals surface area contributed by atoms with Crippen molar-refractivity contribution in [2.24, 2.45) is 0 Å². The first kappa shape index (κ1) is 14.0. The maximum absolute atomic E-state index is 12.0. The van der Waals surface area contributed by atoms with Crippen LogP contribution >= 0.6 is 0 Å². The van der Waals surface area contributed by atoms with Crippen molar-refractivity contribution >= 4 is 5.91 Å². The van der Waals surface area contributed by atoms with Gasteiger partial charge in [0.25, 0.3) is 5.91 Å². The Morgan fingerprint density at radius 1 is 1.42 bits per heavy atom. The zero-order valence-electron chi connectivity index (χ0n) is 11.7. The minimum Gasteiger partial charge on any atom is -0.379 e. The third-order valence-corrected chi connectivity index (χ3v) is 3.51. The van der Waals surface area contributed by atoms with E-state index in [0.717, 1.165) is 37.4 Å². The Balaban J connectivity index is 1.82. The molecule has 0 spiro atoms. The molecule has 4 heteroatoms. The molecule has 2 rings (SSSR count). The topological polar surface area (TPSA) is 41.6 Å². The number of nitrogens with one attached hydrogen (secondary N) is 1. The van der Waals surface area contributed by atoms with Gasteiger partial charge >= 0.3 is 0 Å². The smallest absolute Gasteiger partial charge is 0.251 e. The summed E-state index contributed by atoms with van der Waals surface area (Å²) in [5.41, 5.74) is 1.84. The Bertz CT molecular complexity index is 428. The molecule has 1 aliphatic rings. The van der Waals surface area contributed by atoms with Crippen LogP contribution in [0.2, 0.25) is 0 Å². The zero-order valence-corrected chi connectivity index (χ0v) is 11.7. The molecule has 4 nitrogen and oxygen atoms in total. The number of carbonyl (C=O) groups is 1. The van der Waals surface area contributed by atoms with Crippen LogP contribution in [0.5, 0.6) is 0 Å². The summed E-state index contributed by atoms with van der Waals surface area (Å²) < 4.78 is 5.33. The average molecular weight is 262 g/mol. The number of hydrogen-bond acceptors (Lipinski definition) is 3. The monoisotopic (exact) mass is 262 g/mol. The molecule has 0 aliphatic carbocycles. The number of nitrogens with zero attached hydrogens (tertiary/aromatic N) is 1. The predicted molar refractivity (Wildman–Crippen MR) is 75.4 cm³/mol. The number of aryl methyl sites for hydroxylation is 1. The van der Waals surface area contributed by atoms with E-state index in [1.54, 1.807) is 0 Å². The lowest BCUT2D eigenvalue weighted by atomic mass is 10.1. The van der Waals surface area contributed by atoms with Gasteiger partial charge in [0.2, 0.25) is 0 Å². The Morgan fingerprint density at radius 2 is 2.16 bits per heavy atom. The first-order valence-corrected chi connectivity index (χ1v) is 6.83. The molecule has 1 amide bonds. The van der Waals surface area contributed by atoms with Crippen molar-refractivity contribution in [2.75, 3.05) is 32.8 Å². The number of rotatable bonds is 4. The summed E-state index contributed by atoms with van der Waals surface area (Å²) in [4.78, 5) is 14.4. The molecule has 1 unspecified atom stereocenters. The van der Waals surface area contributed by atoms with Crippen LogP contribution in [0.25, 0.3) is 0 Å². The zero-order chi connectivity index (χ0) is 13.7. The fraction of sp³-hybridized carbons (Fsp3) is 0.533. The van der Waals surface area contributed by atoms with Crippen LogP contribution in [0.3, 0.4) is 0 Å². The van der Waals surface area contributed by atoms with Gasteiger partial charge in [0.1, 0.15) is 0 Å². The highest BCUT2D eigenvalue weighted by atomic mass is 16.5. The number of carbonyl (C=O) groups excluding carboxylic acids is 1. The van der Waals surface area contributed by atoms with Gasteiger partial charge in [-0.3, -0.25) is 9.69 Å². The average Bonchev–Trinajstić information content (AvgIpc) is 2.45. The SMILES string of the molecule is Cc1cccc(C(=O)NCC(C)N2CCOCC2)c1. The molecule has 0 saturated carbocycles. The van der Waals surface area contributed by atoms with Crippen molar-refractivity contribution in [3.05, 3.63) is 35.4 Å². The van der Waals surface area contributed by atoms with E-state index < -0.39 is 0 Å². The van der Waals surface area contributed by atoms with Gasteiger partial charge in [0, 0.05) is 31.2 Å². The van der Waals surface area contributed by atoms with Crippen molar-refractivity contribution in [3.63, 3.8) is 0 Å². The van der Waals surface area contributed by atoms with Crippen LogP contribution in [0, 0.1) is 6.92 Å². The number of ether oxygens (including phenoxy) is 1. The molecule has 0 bridgehead atoms. The van der Waals surface area contributed by atoms with Crippen LogP contribution < -0.4 is 5.32 Å². The summed E-state index contributed by atoms with van der Waals surface area (Å²) in [5.74, 6) is 0.00353. The lowest BCUT2D eigenvalue weighted by Crippen LogP contribution is -2.47. The van der Waals surface area contributed by atoms with E-state index in [9.17, 15) is 4.79 Å². The minimum atomic E-state index is 0.00353. The molecule has 0 aromatic heterocycles. The van der Waals surface area contributed by atoms with Crippen molar-refractivity contribution < 1.29 is 9.53 Å². The molecule has 1 atom stereocenters. The molecular formula is C15H22N2O2. The van der Waals surface area contributed by atoms with Crippen molar-refractivity contribution in [3.8, 4) is 0 Å². The van der Waals surface area contributed by atoms with Gasteiger partial charge in [0.05, 0.1) is 13.2 Å². The largest absolute Gasteiger partial charge is 0.379 e. The maximum atomic E-state index is 12.0. The summed E-state index contributed by atoms with van der Waals surface area (Å²) in [6.07, 6.45) is 0. The van der Waals surface area contributed by atoms with Crippen molar-refractivity contribution in [1.29, 1.82) is 0 Å². The van der Waals surface area contributed by atoms with Gasteiger partial charge in [-0.15, -0.1) is 0 Å². The summed E-state index contributed by atoms with van der Waals surface area (Å²) in [6.45, 7) is 8.27. The number of benzene rings is 1. The highest BCUT2D eigenvalue weighted by Gasteiger charge is 2.17. The Labute approximate surface area is 114 Å². The van der Waals surface area contributed by atoms with E-state index in [1.807, 2.05) is 31.2 Å². The minimum absolute atomic E-state index is 0.00353. The van der Waals surface area contributed by atoms with Gasteiger partial charge in [-0.1, -0.05) is 17.7 Å². The number of hydrogen-bond donors (Lipinski definition) is 1. The van der Waals surface area contributed by atoms with E-state index >= 15 is 0 Å². The second kappa shape index (κ2) is 6.68. The van der Waals surface area contributed by atoms with E-state index in [0.29, 0.717) is 12.6 Å². The fourth-order valence-electron chi connectivity index (χ4n) is 2.28. The highest BCUT2D eigenvalue weighted by molar-refractivity contribution is 5.94. The predicted octanol–water partition coefficient (Wildman–Crippen LogP) is 1.45. The Kier molecular flexibility index (Phi) is 4.93. The summed E-state index contributed by atoms with van der Waals surface area (Å²) in [6, 6.07) is 8.01. The lowest BCUT2D eigenvalue weighted by Gasteiger charge is -2.32. The molecule has 1 saturated heterocycles. The van der Waals surface area contributed by atoms with Gasteiger partial charge < -0.3 is 10.1 Å². The number of amides is 1.